The lowest BCUT2D eigenvalue weighted by atomic mass is 9.75. The second kappa shape index (κ2) is 7.64. The van der Waals surface area contributed by atoms with Crippen LogP contribution >= 0.6 is 0 Å². The van der Waals surface area contributed by atoms with Gasteiger partial charge < -0.3 is 5.32 Å². The smallest absolute Gasteiger partial charge is 0.0217 e. The average molecular weight is 268 g/mol. The van der Waals surface area contributed by atoms with Crippen LogP contribution in [-0.4, -0.2) is 37.1 Å². The van der Waals surface area contributed by atoms with Gasteiger partial charge in [-0.3, -0.25) is 4.90 Å². The Bertz CT molecular complexity index is 238. The van der Waals surface area contributed by atoms with Crippen LogP contribution < -0.4 is 5.32 Å². The third-order valence-corrected chi connectivity index (χ3v) is 4.86. The molecular weight excluding hydrogens is 232 g/mol. The van der Waals surface area contributed by atoms with Crippen LogP contribution in [-0.2, 0) is 0 Å². The molecule has 1 N–H and O–H groups in total. The minimum Gasteiger partial charge on any atom is -0.315 e. The van der Waals surface area contributed by atoms with Gasteiger partial charge in [0.25, 0.3) is 0 Å². The van der Waals surface area contributed by atoms with Crippen molar-refractivity contribution in [2.75, 3.05) is 20.1 Å². The molecule has 1 fully saturated rings. The quantitative estimate of drug-likeness (QED) is 0.753. The molecule has 0 aliphatic heterocycles. The van der Waals surface area contributed by atoms with E-state index < -0.39 is 0 Å². The van der Waals surface area contributed by atoms with E-state index in [1.165, 1.54) is 32.1 Å². The van der Waals surface area contributed by atoms with Gasteiger partial charge in [0.1, 0.15) is 0 Å². The zero-order valence-corrected chi connectivity index (χ0v) is 14.1. The van der Waals surface area contributed by atoms with Crippen LogP contribution in [0, 0.1) is 11.3 Å². The highest BCUT2D eigenvalue weighted by Crippen LogP contribution is 2.37. The number of nitrogens with one attached hydrogen (secondary N) is 1. The van der Waals surface area contributed by atoms with Crippen LogP contribution in [0.4, 0.5) is 0 Å². The van der Waals surface area contributed by atoms with Gasteiger partial charge in [0.2, 0.25) is 0 Å². The molecule has 2 nitrogen and oxygen atoms in total. The van der Waals surface area contributed by atoms with E-state index in [1.54, 1.807) is 0 Å². The number of likely N-dealkylation sites (N-methyl/N-ethyl adjacent to an activating group) is 1. The van der Waals surface area contributed by atoms with Gasteiger partial charge in [0.05, 0.1) is 0 Å². The molecule has 1 atom stereocenters. The molecule has 0 heterocycles. The molecule has 0 spiro atoms. The van der Waals surface area contributed by atoms with Crippen LogP contribution in [0.15, 0.2) is 0 Å². The van der Waals surface area contributed by atoms with Gasteiger partial charge in [-0.2, -0.15) is 0 Å². The van der Waals surface area contributed by atoms with Gasteiger partial charge in [-0.1, -0.05) is 34.6 Å². The van der Waals surface area contributed by atoms with Crippen molar-refractivity contribution in [3.05, 3.63) is 0 Å². The molecule has 1 aliphatic carbocycles. The summed E-state index contributed by atoms with van der Waals surface area (Å²) in [6.07, 6.45) is 6.78. The monoisotopic (exact) mass is 268 g/mol. The average Bonchev–Trinajstić information content (AvgIpc) is 2.33. The van der Waals surface area contributed by atoms with Gasteiger partial charge in [-0.15, -0.1) is 0 Å². The van der Waals surface area contributed by atoms with E-state index in [9.17, 15) is 0 Å². The summed E-state index contributed by atoms with van der Waals surface area (Å²) in [4.78, 5) is 2.66. The molecule has 114 valence electrons. The SMILES string of the molecule is CCC(CNCC(C)C)N(C)C1CCC(C)(C)CC1. The topological polar surface area (TPSA) is 15.3 Å². The first kappa shape index (κ1) is 17.0. The molecule has 0 aromatic heterocycles. The molecule has 1 rings (SSSR count). The molecule has 0 bridgehead atoms. The maximum atomic E-state index is 3.63. The number of rotatable bonds is 7. The van der Waals surface area contributed by atoms with E-state index in [2.05, 4.69) is 51.9 Å². The van der Waals surface area contributed by atoms with Crippen molar-refractivity contribution in [1.29, 1.82) is 0 Å². The molecule has 19 heavy (non-hydrogen) atoms. The summed E-state index contributed by atoms with van der Waals surface area (Å²) in [6, 6.07) is 1.50. The van der Waals surface area contributed by atoms with Crippen LogP contribution in [0.3, 0.4) is 0 Å². The second-order valence-electron chi connectivity index (χ2n) is 7.68. The summed E-state index contributed by atoms with van der Waals surface area (Å²) in [5, 5.41) is 3.63. The zero-order valence-electron chi connectivity index (χ0n) is 14.1. The van der Waals surface area contributed by atoms with Crippen molar-refractivity contribution in [2.24, 2.45) is 11.3 Å². The minimum absolute atomic E-state index is 0.578. The summed E-state index contributed by atoms with van der Waals surface area (Å²) in [7, 11) is 2.34. The highest BCUT2D eigenvalue weighted by atomic mass is 15.2. The molecule has 1 unspecified atom stereocenters. The summed E-state index contributed by atoms with van der Waals surface area (Å²) < 4.78 is 0. The fraction of sp³-hybridized carbons (Fsp3) is 1.00. The molecule has 2 heteroatoms. The van der Waals surface area contributed by atoms with E-state index in [0.717, 1.165) is 25.0 Å². The summed E-state index contributed by atoms with van der Waals surface area (Å²) in [5.74, 6) is 0.748. The van der Waals surface area contributed by atoms with Crippen molar-refractivity contribution in [3.63, 3.8) is 0 Å². The molecule has 0 amide bonds. The number of hydrogen-bond donors (Lipinski definition) is 1. The lowest BCUT2D eigenvalue weighted by molar-refractivity contribution is 0.0915. The second-order valence-corrected chi connectivity index (χ2v) is 7.68. The Morgan fingerprint density at radius 3 is 2.21 bits per heavy atom. The Balaban J connectivity index is 2.38. The molecule has 0 aromatic rings. The molecule has 1 saturated carbocycles. The fourth-order valence-electron chi connectivity index (χ4n) is 3.20. The van der Waals surface area contributed by atoms with Crippen LogP contribution in [0.5, 0.6) is 0 Å². The van der Waals surface area contributed by atoms with E-state index in [-0.39, 0.29) is 0 Å². The normalized spacial score (nSPS) is 22.1. The maximum Gasteiger partial charge on any atom is 0.0217 e. The third-order valence-electron chi connectivity index (χ3n) is 4.86. The molecule has 0 aromatic carbocycles. The summed E-state index contributed by atoms with van der Waals surface area (Å²) >= 11 is 0. The van der Waals surface area contributed by atoms with Gasteiger partial charge >= 0.3 is 0 Å². The van der Waals surface area contributed by atoms with E-state index >= 15 is 0 Å². The van der Waals surface area contributed by atoms with Crippen molar-refractivity contribution in [2.45, 2.75) is 78.8 Å². The molecule has 1 aliphatic rings. The Labute approximate surface area is 121 Å². The first-order chi connectivity index (χ1) is 8.85. The molecule has 0 saturated heterocycles. The first-order valence-electron chi connectivity index (χ1n) is 8.28. The summed E-state index contributed by atoms with van der Waals surface area (Å²) in [5.41, 5.74) is 0.578. The Hall–Kier alpha value is -0.0800. The lowest BCUT2D eigenvalue weighted by Gasteiger charge is -2.41. The van der Waals surface area contributed by atoms with Crippen molar-refractivity contribution in [3.8, 4) is 0 Å². The predicted octanol–water partition coefficient (Wildman–Crippen LogP) is 3.91. The van der Waals surface area contributed by atoms with Crippen molar-refractivity contribution in [1.82, 2.24) is 10.2 Å². The Morgan fingerprint density at radius 2 is 1.74 bits per heavy atom. The van der Waals surface area contributed by atoms with Crippen LogP contribution in [0.1, 0.15) is 66.7 Å². The highest BCUT2D eigenvalue weighted by molar-refractivity contribution is 4.85. The maximum absolute atomic E-state index is 3.63. The van der Waals surface area contributed by atoms with Crippen molar-refractivity contribution < 1.29 is 0 Å². The first-order valence-corrected chi connectivity index (χ1v) is 8.28. The Morgan fingerprint density at radius 1 is 1.16 bits per heavy atom. The van der Waals surface area contributed by atoms with Gasteiger partial charge in [0.15, 0.2) is 0 Å². The predicted molar refractivity (Wildman–Crippen MR) is 85.6 cm³/mol. The van der Waals surface area contributed by atoms with Crippen LogP contribution in [0.25, 0.3) is 0 Å². The van der Waals surface area contributed by atoms with E-state index in [1.807, 2.05) is 0 Å². The fourth-order valence-corrected chi connectivity index (χ4v) is 3.20. The lowest BCUT2D eigenvalue weighted by Crippen LogP contribution is -2.47. The molecular formula is C17H36N2. The standard InChI is InChI=1S/C17H36N2/c1-7-15(13-18-12-14(2)3)19(6)16-8-10-17(4,5)11-9-16/h14-16,18H,7-13H2,1-6H3. The van der Waals surface area contributed by atoms with Crippen LogP contribution in [0.2, 0.25) is 0 Å². The van der Waals surface area contributed by atoms with Gasteiger partial charge in [-0.25, -0.2) is 0 Å². The highest BCUT2D eigenvalue weighted by Gasteiger charge is 2.30. The Kier molecular flexibility index (Phi) is 6.82. The summed E-state index contributed by atoms with van der Waals surface area (Å²) in [6.45, 7) is 14.0. The largest absolute Gasteiger partial charge is 0.315 e. The minimum atomic E-state index is 0.578. The van der Waals surface area contributed by atoms with Gasteiger partial charge in [0, 0.05) is 18.6 Å². The molecule has 0 radical (unpaired) electrons. The number of hydrogen-bond acceptors (Lipinski definition) is 2. The van der Waals surface area contributed by atoms with Gasteiger partial charge in [-0.05, 0) is 57.0 Å². The number of nitrogens with zero attached hydrogens (tertiary/aromatic N) is 1. The van der Waals surface area contributed by atoms with E-state index in [0.29, 0.717) is 11.5 Å². The van der Waals surface area contributed by atoms with E-state index in [4.69, 9.17) is 0 Å². The van der Waals surface area contributed by atoms with Crippen molar-refractivity contribution >= 4 is 0 Å². The zero-order chi connectivity index (χ0) is 14.5. The third kappa shape index (κ3) is 5.83.